The van der Waals surface area contributed by atoms with E-state index in [0.717, 1.165) is 62.6 Å². The molecule has 0 bridgehead atoms. The monoisotopic (exact) mass is 499 g/mol. The molecule has 1 aromatic heterocycles. The Morgan fingerprint density at radius 2 is 1.86 bits per heavy atom. The molecule has 2 saturated carbocycles. The van der Waals surface area contributed by atoms with Crippen LogP contribution in [0.4, 0.5) is 0 Å². The molecule has 192 valence electrons. The van der Waals surface area contributed by atoms with Gasteiger partial charge in [0.2, 0.25) is 11.8 Å². The lowest BCUT2D eigenvalue weighted by atomic mass is 9.86. The van der Waals surface area contributed by atoms with E-state index in [4.69, 9.17) is 9.15 Å². The Labute approximate surface area is 217 Å². The molecule has 0 radical (unpaired) electrons. The van der Waals surface area contributed by atoms with Crippen molar-refractivity contribution >= 4 is 11.8 Å². The average Bonchev–Trinajstić information content (AvgIpc) is 3.35. The molecule has 2 aliphatic carbocycles. The zero-order chi connectivity index (χ0) is 25.4. The first-order chi connectivity index (χ1) is 18.0. The lowest BCUT2D eigenvalue weighted by Gasteiger charge is -2.39. The molecule has 2 fully saturated rings. The van der Waals surface area contributed by atoms with Crippen LogP contribution in [-0.4, -0.2) is 34.3 Å². The smallest absolute Gasteiger partial charge is 0.273 e. The predicted molar refractivity (Wildman–Crippen MR) is 138 cm³/mol. The van der Waals surface area contributed by atoms with Gasteiger partial charge in [0.1, 0.15) is 12.0 Å². The maximum atomic E-state index is 13.6. The summed E-state index contributed by atoms with van der Waals surface area (Å²) in [7, 11) is 0. The number of aryl methyl sites for hydroxylation is 1. The fraction of sp³-hybridized carbons (Fsp3) is 0.433. The summed E-state index contributed by atoms with van der Waals surface area (Å²) in [6.45, 7) is 2.92. The molecular formula is C30H33N3O4. The number of amides is 2. The fourth-order valence-electron chi connectivity index (χ4n) is 5.55. The van der Waals surface area contributed by atoms with Crippen LogP contribution >= 0.6 is 0 Å². The standard InChI is InChI=1S/C30H33N3O4/c1-19-6-8-21(9-7-19)28-25-16-24(36-18-27-32-26(17-37-27)29(34)31-23-11-12-23)13-10-20(25)14-15-33(28)30(35)22-4-2-3-5-22/h6-10,13,16-17,22-23,28H,2-5,11-12,14-15,18H2,1H3,(H,31,34)/t28-/m0/s1. The minimum absolute atomic E-state index is 0.120. The number of fused-ring (bicyclic) bond motifs is 1. The van der Waals surface area contributed by atoms with Gasteiger partial charge >= 0.3 is 0 Å². The third kappa shape index (κ3) is 5.13. The maximum Gasteiger partial charge on any atom is 0.273 e. The molecule has 2 amide bonds. The molecule has 1 aliphatic heterocycles. The van der Waals surface area contributed by atoms with Gasteiger partial charge < -0.3 is 19.4 Å². The first-order valence-corrected chi connectivity index (χ1v) is 13.4. The van der Waals surface area contributed by atoms with E-state index in [1.165, 1.54) is 17.4 Å². The molecule has 7 heteroatoms. The number of hydrogen-bond donors (Lipinski definition) is 1. The molecule has 1 atom stereocenters. The summed E-state index contributed by atoms with van der Waals surface area (Å²) in [6, 6.07) is 14.7. The molecule has 0 saturated heterocycles. The molecule has 3 aromatic rings. The molecule has 3 aliphatic rings. The van der Waals surface area contributed by atoms with Crippen molar-refractivity contribution < 1.29 is 18.7 Å². The van der Waals surface area contributed by atoms with Gasteiger partial charge in [-0.05, 0) is 67.9 Å². The minimum Gasteiger partial charge on any atom is -0.484 e. The Morgan fingerprint density at radius 1 is 1.08 bits per heavy atom. The summed E-state index contributed by atoms with van der Waals surface area (Å²) < 4.78 is 11.5. The van der Waals surface area contributed by atoms with Crippen molar-refractivity contribution in [1.82, 2.24) is 15.2 Å². The van der Waals surface area contributed by atoms with Crippen LogP contribution in [0.5, 0.6) is 5.75 Å². The summed E-state index contributed by atoms with van der Waals surface area (Å²) in [6.07, 6.45) is 8.50. The number of rotatable bonds is 7. The van der Waals surface area contributed by atoms with Gasteiger partial charge in [-0.2, -0.15) is 0 Å². The number of nitrogens with one attached hydrogen (secondary N) is 1. The van der Waals surface area contributed by atoms with Gasteiger partial charge in [0.05, 0.1) is 6.04 Å². The van der Waals surface area contributed by atoms with Crippen molar-refractivity contribution in [2.24, 2.45) is 5.92 Å². The van der Waals surface area contributed by atoms with E-state index in [1.54, 1.807) is 0 Å². The number of ether oxygens (including phenoxy) is 1. The van der Waals surface area contributed by atoms with Gasteiger partial charge in [-0.15, -0.1) is 0 Å². The van der Waals surface area contributed by atoms with Crippen LogP contribution in [0.3, 0.4) is 0 Å². The number of hydrogen-bond acceptors (Lipinski definition) is 5. The van der Waals surface area contributed by atoms with Crippen LogP contribution < -0.4 is 10.1 Å². The molecule has 0 spiro atoms. The van der Waals surface area contributed by atoms with E-state index >= 15 is 0 Å². The van der Waals surface area contributed by atoms with Gasteiger partial charge in [0, 0.05) is 18.5 Å². The predicted octanol–water partition coefficient (Wildman–Crippen LogP) is 5.12. The van der Waals surface area contributed by atoms with E-state index in [1.807, 2.05) is 6.07 Å². The van der Waals surface area contributed by atoms with Gasteiger partial charge in [-0.25, -0.2) is 4.98 Å². The fourth-order valence-corrected chi connectivity index (χ4v) is 5.55. The lowest BCUT2D eigenvalue weighted by Crippen LogP contribution is -2.43. The number of aromatic nitrogens is 1. The Bertz CT molecular complexity index is 1290. The Balaban J connectivity index is 1.24. The maximum absolute atomic E-state index is 13.6. The number of carbonyl (C=O) groups excluding carboxylic acids is 2. The Hall–Kier alpha value is -3.61. The highest BCUT2D eigenvalue weighted by Crippen LogP contribution is 2.40. The van der Waals surface area contributed by atoms with Crippen LogP contribution in [0, 0.1) is 12.8 Å². The van der Waals surface area contributed by atoms with Crippen LogP contribution in [0.2, 0.25) is 0 Å². The van der Waals surface area contributed by atoms with Crippen LogP contribution in [0.1, 0.15) is 83.2 Å². The molecular weight excluding hydrogens is 466 g/mol. The summed E-state index contributed by atoms with van der Waals surface area (Å²) in [5.74, 6) is 1.24. The number of nitrogens with zero attached hydrogens (tertiary/aromatic N) is 2. The van der Waals surface area contributed by atoms with Crippen LogP contribution in [-0.2, 0) is 17.8 Å². The van der Waals surface area contributed by atoms with Gasteiger partial charge in [-0.3, -0.25) is 9.59 Å². The molecule has 2 heterocycles. The van der Waals surface area contributed by atoms with Crippen LogP contribution in [0.25, 0.3) is 0 Å². The third-order valence-electron chi connectivity index (χ3n) is 7.79. The van der Waals surface area contributed by atoms with E-state index in [2.05, 4.69) is 58.5 Å². The quantitative estimate of drug-likeness (QED) is 0.488. The second kappa shape index (κ2) is 10.0. The SMILES string of the molecule is Cc1ccc([C@H]2c3cc(OCc4nc(C(=O)NC5CC5)co4)ccc3CCN2C(=O)C2CCCC2)cc1. The van der Waals surface area contributed by atoms with Crippen molar-refractivity contribution in [3.05, 3.63) is 82.6 Å². The Kier molecular flexibility index (Phi) is 6.45. The van der Waals surface area contributed by atoms with Gasteiger partial charge in [0.15, 0.2) is 12.3 Å². The summed E-state index contributed by atoms with van der Waals surface area (Å²) in [4.78, 5) is 32.2. The second-order valence-corrected chi connectivity index (χ2v) is 10.6. The highest BCUT2D eigenvalue weighted by atomic mass is 16.5. The van der Waals surface area contributed by atoms with Gasteiger partial charge in [0.25, 0.3) is 5.91 Å². The van der Waals surface area contributed by atoms with Crippen molar-refractivity contribution in [3.8, 4) is 5.75 Å². The summed E-state index contributed by atoms with van der Waals surface area (Å²) in [5, 5.41) is 2.91. The van der Waals surface area contributed by atoms with E-state index in [-0.39, 0.29) is 42.1 Å². The highest BCUT2D eigenvalue weighted by molar-refractivity contribution is 5.92. The highest BCUT2D eigenvalue weighted by Gasteiger charge is 2.36. The number of carbonyl (C=O) groups is 2. The summed E-state index contributed by atoms with van der Waals surface area (Å²) >= 11 is 0. The van der Waals surface area contributed by atoms with Crippen molar-refractivity contribution in [2.75, 3.05) is 6.54 Å². The van der Waals surface area contributed by atoms with E-state index in [9.17, 15) is 9.59 Å². The summed E-state index contributed by atoms with van der Waals surface area (Å²) in [5.41, 5.74) is 4.94. The topological polar surface area (TPSA) is 84.7 Å². The minimum atomic E-state index is -0.209. The molecule has 0 unspecified atom stereocenters. The largest absolute Gasteiger partial charge is 0.484 e. The second-order valence-electron chi connectivity index (χ2n) is 10.6. The van der Waals surface area contributed by atoms with Gasteiger partial charge in [-0.1, -0.05) is 48.7 Å². The number of oxazole rings is 1. The third-order valence-corrected chi connectivity index (χ3v) is 7.79. The lowest BCUT2D eigenvalue weighted by molar-refractivity contribution is -0.137. The zero-order valence-electron chi connectivity index (χ0n) is 21.2. The molecule has 37 heavy (non-hydrogen) atoms. The Morgan fingerprint density at radius 3 is 2.62 bits per heavy atom. The van der Waals surface area contributed by atoms with Crippen molar-refractivity contribution in [2.45, 2.75) is 70.6 Å². The average molecular weight is 500 g/mol. The molecule has 6 rings (SSSR count). The zero-order valence-corrected chi connectivity index (χ0v) is 21.2. The van der Waals surface area contributed by atoms with Crippen molar-refractivity contribution in [1.29, 1.82) is 0 Å². The van der Waals surface area contributed by atoms with Crippen LogP contribution in [0.15, 0.2) is 53.1 Å². The van der Waals surface area contributed by atoms with E-state index < -0.39 is 0 Å². The normalized spacial score (nSPS) is 19.5. The van der Waals surface area contributed by atoms with Crippen molar-refractivity contribution in [3.63, 3.8) is 0 Å². The number of benzene rings is 2. The first kappa shape index (κ1) is 23.8. The molecule has 1 N–H and O–H groups in total. The molecule has 2 aromatic carbocycles. The molecule has 7 nitrogen and oxygen atoms in total. The van der Waals surface area contributed by atoms with E-state index in [0.29, 0.717) is 11.6 Å². The first-order valence-electron chi connectivity index (χ1n) is 13.4.